The quantitative estimate of drug-likeness (QED) is 0.771. The van der Waals surface area contributed by atoms with Gasteiger partial charge in [-0.3, -0.25) is 4.57 Å². The predicted molar refractivity (Wildman–Crippen MR) is 65.5 cm³/mol. The van der Waals surface area contributed by atoms with Gasteiger partial charge in [0.05, 0.1) is 6.20 Å². The number of imidazole rings is 1. The Balaban J connectivity index is 2.98. The first-order valence-electron chi connectivity index (χ1n) is 5.16. The first-order valence-corrected chi connectivity index (χ1v) is 5.16. The number of hydrogen-bond donors (Lipinski definition) is 1. The highest BCUT2D eigenvalue weighted by Crippen LogP contribution is 2.17. The molecule has 0 atom stereocenters. The summed E-state index contributed by atoms with van der Waals surface area (Å²) in [6.07, 6.45) is 7.81. The van der Waals surface area contributed by atoms with Crippen LogP contribution in [0.3, 0.4) is 0 Å². The van der Waals surface area contributed by atoms with Crippen molar-refractivity contribution in [2.45, 2.75) is 33.6 Å². The zero-order valence-electron chi connectivity index (χ0n) is 9.86. The lowest BCUT2D eigenvalue weighted by Crippen LogP contribution is -2.01. The molecule has 0 aliphatic carbocycles. The summed E-state index contributed by atoms with van der Waals surface area (Å²) in [6.45, 7) is 8.37. The number of nitrogen functional groups attached to an aromatic ring is 1. The van der Waals surface area contributed by atoms with Gasteiger partial charge in [-0.1, -0.05) is 25.5 Å². The van der Waals surface area contributed by atoms with Crippen LogP contribution in [0.15, 0.2) is 23.9 Å². The van der Waals surface area contributed by atoms with Crippen molar-refractivity contribution in [2.75, 3.05) is 5.73 Å². The van der Waals surface area contributed by atoms with Crippen LogP contribution in [0.25, 0.3) is 6.20 Å². The third-order valence-electron chi connectivity index (χ3n) is 2.11. The van der Waals surface area contributed by atoms with Crippen LogP contribution in [0.4, 0.5) is 5.95 Å². The van der Waals surface area contributed by atoms with Crippen molar-refractivity contribution in [3.8, 4) is 0 Å². The van der Waals surface area contributed by atoms with Gasteiger partial charge >= 0.3 is 0 Å². The van der Waals surface area contributed by atoms with Gasteiger partial charge in [-0.25, -0.2) is 4.98 Å². The SMILES string of the molecule is CC(C)=C/C=C\n1c(C(C)C)cnc1N. The summed E-state index contributed by atoms with van der Waals surface area (Å²) in [6, 6.07) is 0. The van der Waals surface area contributed by atoms with E-state index >= 15 is 0 Å². The lowest BCUT2D eigenvalue weighted by molar-refractivity contribution is 0.804. The van der Waals surface area contributed by atoms with E-state index in [2.05, 4.69) is 32.7 Å². The van der Waals surface area contributed by atoms with E-state index in [0.29, 0.717) is 11.9 Å². The lowest BCUT2D eigenvalue weighted by atomic mass is 10.1. The van der Waals surface area contributed by atoms with Gasteiger partial charge in [0.25, 0.3) is 0 Å². The van der Waals surface area contributed by atoms with Gasteiger partial charge in [-0.15, -0.1) is 0 Å². The zero-order valence-corrected chi connectivity index (χ0v) is 9.86. The summed E-state index contributed by atoms with van der Waals surface area (Å²) in [7, 11) is 0. The minimum absolute atomic E-state index is 0.422. The molecular weight excluding hydrogens is 186 g/mol. The van der Waals surface area contributed by atoms with Gasteiger partial charge in [0.1, 0.15) is 0 Å². The summed E-state index contributed by atoms with van der Waals surface area (Å²) in [4.78, 5) is 4.10. The Kier molecular flexibility index (Phi) is 3.72. The molecule has 15 heavy (non-hydrogen) atoms. The normalized spacial score (nSPS) is 11.3. The van der Waals surface area contributed by atoms with Crippen molar-refractivity contribution in [1.29, 1.82) is 0 Å². The molecule has 82 valence electrons. The van der Waals surface area contributed by atoms with Crippen molar-refractivity contribution >= 4 is 12.1 Å². The van der Waals surface area contributed by atoms with E-state index in [9.17, 15) is 0 Å². The van der Waals surface area contributed by atoms with E-state index in [1.807, 2.05) is 29.1 Å². The topological polar surface area (TPSA) is 43.8 Å². The maximum atomic E-state index is 5.78. The highest BCUT2D eigenvalue weighted by molar-refractivity contribution is 5.41. The second-order valence-corrected chi connectivity index (χ2v) is 4.15. The molecule has 1 aromatic rings. The van der Waals surface area contributed by atoms with Crippen LogP contribution in [0, 0.1) is 0 Å². The number of nitrogens with two attached hydrogens (primary N) is 1. The Bertz CT molecular complexity index is 380. The van der Waals surface area contributed by atoms with Gasteiger partial charge in [0.2, 0.25) is 5.95 Å². The molecular formula is C12H19N3. The molecule has 3 nitrogen and oxygen atoms in total. The number of rotatable bonds is 3. The highest BCUT2D eigenvalue weighted by atomic mass is 15.1. The Hall–Kier alpha value is -1.51. The van der Waals surface area contributed by atoms with E-state index in [-0.39, 0.29) is 0 Å². The molecule has 0 amide bonds. The van der Waals surface area contributed by atoms with E-state index in [4.69, 9.17) is 5.73 Å². The Labute approximate surface area is 91.3 Å². The number of anilines is 1. The third kappa shape index (κ3) is 2.98. The van der Waals surface area contributed by atoms with Crippen LogP contribution in [-0.4, -0.2) is 9.55 Å². The average Bonchev–Trinajstić information content (AvgIpc) is 2.47. The molecule has 0 saturated heterocycles. The summed E-state index contributed by atoms with van der Waals surface area (Å²) < 4.78 is 1.92. The Morgan fingerprint density at radius 3 is 2.67 bits per heavy atom. The monoisotopic (exact) mass is 205 g/mol. The lowest BCUT2D eigenvalue weighted by Gasteiger charge is -2.06. The summed E-state index contributed by atoms with van der Waals surface area (Å²) in [5, 5.41) is 0. The molecule has 0 bridgehead atoms. The maximum absolute atomic E-state index is 5.78. The second-order valence-electron chi connectivity index (χ2n) is 4.15. The number of aromatic nitrogens is 2. The van der Waals surface area contributed by atoms with Crippen LogP contribution >= 0.6 is 0 Å². The summed E-state index contributed by atoms with van der Waals surface area (Å²) in [5.41, 5.74) is 8.17. The van der Waals surface area contributed by atoms with E-state index in [1.165, 1.54) is 5.57 Å². The van der Waals surface area contributed by atoms with Crippen LogP contribution in [0.1, 0.15) is 39.3 Å². The molecule has 0 radical (unpaired) electrons. The largest absolute Gasteiger partial charge is 0.369 e. The van der Waals surface area contributed by atoms with Crippen LogP contribution in [-0.2, 0) is 0 Å². The Morgan fingerprint density at radius 1 is 1.47 bits per heavy atom. The predicted octanol–water partition coefficient (Wildman–Crippen LogP) is 3.03. The van der Waals surface area contributed by atoms with Crippen molar-refractivity contribution in [2.24, 2.45) is 0 Å². The smallest absolute Gasteiger partial charge is 0.204 e. The van der Waals surface area contributed by atoms with Crippen molar-refractivity contribution in [3.05, 3.63) is 29.6 Å². The van der Waals surface area contributed by atoms with E-state index in [0.717, 1.165) is 5.69 Å². The fourth-order valence-corrected chi connectivity index (χ4v) is 1.30. The molecule has 0 aliphatic heterocycles. The first-order chi connectivity index (χ1) is 7.02. The first kappa shape index (κ1) is 11.6. The van der Waals surface area contributed by atoms with Gasteiger partial charge in [0.15, 0.2) is 0 Å². The molecule has 1 heterocycles. The third-order valence-corrected chi connectivity index (χ3v) is 2.11. The molecule has 0 spiro atoms. The molecule has 3 heteroatoms. The summed E-state index contributed by atoms with van der Waals surface area (Å²) >= 11 is 0. The molecule has 0 unspecified atom stereocenters. The van der Waals surface area contributed by atoms with E-state index < -0.39 is 0 Å². The molecule has 0 saturated carbocycles. The molecule has 1 aromatic heterocycles. The zero-order chi connectivity index (χ0) is 11.4. The van der Waals surface area contributed by atoms with Gasteiger partial charge in [0, 0.05) is 11.9 Å². The molecule has 0 fully saturated rings. The van der Waals surface area contributed by atoms with Gasteiger partial charge in [-0.05, 0) is 25.8 Å². The van der Waals surface area contributed by atoms with E-state index in [1.54, 1.807) is 0 Å². The minimum Gasteiger partial charge on any atom is -0.369 e. The second kappa shape index (κ2) is 4.82. The molecule has 0 aliphatic rings. The van der Waals surface area contributed by atoms with Crippen molar-refractivity contribution in [3.63, 3.8) is 0 Å². The van der Waals surface area contributed by atoms with Crippen LogP contribution in [0.2, 0.25) is 0 Å². The van der Waals surface area contributed by atoms with Crippen molar-refractivity contribution < 1.29 is 0 Å². The fourth-order valence-electron chi connectivity index (χ4n) is 1.30. The van der Waals surface area contributed by atoms with Crippen LogP contribution < -0.4 is 5.73 Å². The standard InChI is InChI=1S/C12H19N3/c1-9(2)6-5-7-15-11(10(3)4)8-14-12(15)13/h5-8,10H,1-4H3,(H2,13,14)/b7-5-. The number of hydrogen-bond acceptors (Lipinski definition) is 2. The Morgan fingerprint density at radius 2 is 2.13 bits per heavy atom. The number of nitrogens with zero attached hydrogens (tertiary/aromatic N) is 2. The molecule has 1 rings (SSSR count). The van der Waals surface area contributed by atoms with Crippen LogP contribution in [0.5, 0.6) is 0 Å². The van der Waals surface area contributed by atoms with Gasteiger partial charge < -0.3 is 5.73 Å². The minimum atomic E-state index is 0.422. The van der Waals surface area contributed by atoms with Crippen molar-refractivity contribution in [1.82, 2.24) is 9.55 Å². The molecule has 0 aromatic carbocycles. The summed E-state index contributed by atoms with van der Waals surface area (Å²) in [5.74, 6) is 0.961. The average molecular weight is 205 g/mol. The maximum Gasteiger partial charge on any atom is 0.204 e. The highest BCUT2D eigenvalue weighted by Gasteiger charge is 2.07. The molecule has 2 N–H and O–H groups in total. The number of allylic oxidation sites excluding steroid dienone is 3. The fraction of sp³-hybridized carbons (Fsp3) is 0.417. The van der Waals surface area contributed by atoms with Gasteiger partial charge in [-0.2, -0.15) is 0 Å².